The standard InChI is InChI=1S/C14H10BrN3O3/c15-11-4-9(5-12-13(11)21-8-20-12)6-17-18-14(19)10-2-1-3-16-7-10/h1-7H,8H2,(H,18,19)/b17-6-. The molecule has 1 amide bonds. The molecule has 0 spiro atoms. The van der Waals surface area contributed by atoms with Crippen molar-refractivity contribution in [3.8, 4) is 11.5 Å². The van der Waals surface area contributed by atoms with Gasteiger partial charge in [-0.2, -0.15) is 5.10 Å². The quantitative estimate of drug-likeness (QED) is 0.683. The lowest BCUT2D eigenvalue weighted by Gasteiger charge is -2.01. The summed E-state index contributed by atoms with van der Waals surface area (Å²) in [5, 5.41) is 3.91. The van der Waals surface area contributed by atoms with E-state index in [1.54, 1.807) is 24.4 Å². The van der Waals surface area contributed by atoms with E-state index in [0.717, 1.165) is 10.0 Å². The van der Waals surface area contributed by atoms with E-state index in [4.69, 9.17) is 9.47 Å². The van der Waals surface area contributed by atoms with E-state index in [1.165, 1.54) is 12.4 Å². The van der Waals surface area contributed by atoms with Gasteiger partial charge < -0.3 is 9.47 Å². The Labute approximate surface area is 128 Å². The number of benzene rings is 1. The number of nitrogens with zero attached hydrogens (tertiary/aromatic N) is 2. The number of halogens is 1. The van der Waals surface area contributed by atoms with Crippen LogP contribution in [0.1, 0.15) is 15.9 Å². The van der Waals surface area contributed by atoms with Crippen LogP contribution in [-0.4, -0.2) is 23.9 Å². The first kappa shape index (κ1) is 13.6. The zero-order chi connectivity index (χ0) is 14.7. The number of aromatic nitrogens is 1. The number of pyridine rings is 1. The molecule has 2 aromatic rings. The van der Waals surface area contributed by atoms with Crippen LogP contribution in [0.2, 0.25) is 0 Å². The highest BCUT2D eigenvalue weighted by Crippen LogP contribution is 2.39. The van der Waals surface area contributed by atoms with Crippen molar-refractivity contribution in [1.82, 2.24) is 10.4 Å². The first-order chi connectivity index (χ1) is 10.2. The van der Waals surface area contributed by atoms with Gasteiger partial charge in [0.15, 0.2) is 11.5 Å². The second kappa shape index (κ2) is 5.92. The number of rotatable bonds is 3. The largest absolute Gasteiger partial charge is 0.454 e. The van der Waals surface area contributed by atoms with Gasteiger partial charge in [-0.05, 0) is 45.8 Å². The minimum Gasteiger partial charge on any atom is -0.454 e. The Morgan fingerprint density at radius 1 is 1.43 bits per heavy atom. The molecule has 0 atom stereocenters. The van der Waals surface area contributed by atoms with Crippen molar-refractivity contribution in [1.29, 1.82) is 0 Å². The maximum absolute atomic E-state index is 11.8. The first-order valence-corrected chi connectivity index (χ1v) is 6.86. The summed E-state index contributed by atoms with van der Waals surface area (Å²) in [7, 11) is 0. The van der Waals surface area contributed by atoms with Crippen LogP contribution in [0.15, 0.2) is 46.2 Å². The van der Waals surface area contributed by atoms with Crippen molar-refractivity contribution in [3.05, 3.63) is 52.3 Å². The van der Waals surface area contributed by atoms with Gasteiger partial charge in [-0.15, -0.1) is 0 Å². The van der Waals surface area contributed by atoms with Gasteiger partial charge in [0.25, 0.3) is 5.91 Å². The highest BCUT2D eigenvalue weighted by Gasteiger charge is 2.17. The van der Waals surface area contributed by atoms with E-state index in [0.29, 0.717) is 17.1 Å². The zero-order valence-corrected chi connectivity index (χ0v) is 12.3. The Hall–Kier alpha value is -2.41. The molecule has 0 saturated heterocycles. The molecule has 3 rings (SSSR count). The Bertz CT molecular complexity index is 704. The van der Waals surface area contributed by atoms with Crippen LogP contribution in [0.5, 0.6) is 11.5 Å². The molecule has 0 bridgehead atoms. The molecule has 2 heterocycles. The molecule has 1 aliphatic rings. The second-order valence-corrected chi connectivity index (χ2v) is 5.03. The Morgan fingerprint density at radius 2 is 2.33 bits per heavy atom. The normalized spacial score (nSPS) is 12.6. The topological polar surface area (TPSA) is 72.8 Å². The summed E-state index contributed by atoms with van der Waals surface area (Å²) >= 11 is 3.39. The lowest BCUT2D eigenvalue weighted by atomic mass is 10.2. The summed E-state index contributed by atoms with van der Waals surface area (Å²) in [5.74, 6) is 0.995. The van der Waals surface area contributed by atoms with E-state index >= 15 is 0 Å². The number of nitrogens with one attached hydrogen (secondary N) is 1. The van der Waals surface area contributed by atoms with E-state index in [2.05, 4.69) is 31.4 Å². The summed E-state index contributed by atoms with van der Waals surface area (Å²) in [6, 6.07) is 6.96. The number of ether oxygens (including phenoxy) is 2. The third kappa shape index (κ3) is 3.03. The van der Waals surface area contributed by atoms with Crippen LogP contribution >= 0.6 is 15.9 Å². The maximum Gasteiger partial charge on any atom is 0.272 e. The van der Waals surface area contributed by atoms with Gasteiger partial charge in [0.2, 0.25) is 6.79 Å². The van der Waals surface area contributed by atoms with Crippen LogP contribution in [0.25, 0.3) is 0 Å². The summed E-state index contributed by atoms with van der Waals surface area (Å²) < 4.78 is 11.4. The van der Waals surface area contributed by atoms with Gasteiger partial charge in [-0.1, -0.05) is 0 Å². The molecular weight excluding hydrogens is 338 g/mol. The molecule has 1 aromatic carbocycles. The molecule has 1 aliphatic heterocycles. The van der Waals surface area contributed by atoms with E-state index in [1.807, 2.05) is 6.07 Å². The van der Waals surface area contributed by atoms with Gasteiger partial charge in [0.05, 0.1) is 16.3 Å². The fourth-order valence-electron chi connectivity index (χ4n) is 1.79. The molecule has 1 aromatic heterocycles. The average Bonchev–Trinajstić information content (AvgIpc) is 2.97. The third-order valence-corrected chi connectivity index (χ3v) is 3.34. The highest BCUT2D eigenvalue weighted by atomic mass is 79.9. The Balaban J connectivity index is 1.70. The van der Waals surface area contributed by atoms with Crippen molar-refractivity contribution in [2.24, 2.45) is 5.10 Å². The van der Waals surface area contributed by atoms with Gasteiger partial charge in [-0.3, -0.25) is 9.78 Å². The maximum atomic E-state index is 11.8. The van der Waals surface area contributed by atoms with E-state index in [-0.39, 0.29) is 12.7 Å². The minimum atomic E-state index is -0.320. The van der Waals surface area contributed by atoms with Crippen molar-refractivity contribution in [2.45, 2.75) is 0 Å². The predicted octanol–water partition coefficient (Wildman–Crippen LogP) is 2.34. The molecule has 106 valence electrons. The smallest absolute Gasteiger partial charge is 0.272 e. The Morgan fingerprint density at radius 3 is 3.14 bits per heavy atom. The number of hydrogen-bond acceptors (Lipinski definition) is 5. The molecule has 0 saturated carbocycles. The summed E-state index contributed by atoms with van der Waals surface area (Å²) in [6.07, 6.45) is 4.60. The molecule has 7 heteroatoms. The zero-order valence-electron chi connectivity index (χ0n) is 10.7. The Kier molecular flexibility index (Phi) is 3.83. The van der Waals surface area contributed by atoms with Crippen LogP contribution in [0.3, 0.4) is 0 Å². The second-order valence-electron chi connectivity index (χ2n) is 4.18. The van der Waals surface area contributed by atoms with Crippen LogP contribution < -0.4 is 14.9 Å². The van der Waals surface area contributed by atoms with Gasteiger partial charge in [0, 0.05) is 12.4 Å². The molecular formula is C14H10BrN3O3. The van der Waals surface area contributed by atoms with Gasteiger partial charge >= 0.3 is 0 Å². The highest BCUT2D eigenvalue weighted by molar-refractivity contribution is 9.10. The number of amides is 1. The van der Waals surface area contributed by atoms with Crippen molar-refractivity contribution >= 4 is 28.1 Å². The molecule has 21 heavy (non-hydrogen) atoms. The molecule has 0 aliphatic carbocycles. The van der Waals surface area contributed by atoms with Gasteiger partial charge in [0.1, 0.15) is 0 Å². The average molecular weight is 348 g/mol. The number of carbonyl (C=O) groups excluding carboxylic acids is 1. The number of hydrogen-bond donors (Lipinski definition) is 1. The predicted molar refractivity (Wildman–Crippen MR) is 79.6 cm³/mol. The molecule has 1 N–H and O–H groups in total. The monoisotopic (exact) mass is 347 g/mol. The fourth-order valence-corrected chi connectivity index (χ4v) is 2.36. The summed E-state index contributed by atoms with van der Waals surface area (Å²) in [6.45, 7) is 0.201. The number of hydrazone groups is 1. The molecule has 0 fully saturated rings. The third-order valence-electron chi connectivity index (χ3n) is 2.75. The van der Waals surface area contributed by atoms with E-state index in [9.17, 15) is 4.79 Å². The molecule has 6 nitrogen and oxygen atoms in total. The van der Waals surface area contributed by atoms with Crippen molar-refractivity contribution < 1.29 is 14.3 Å². The summed E-state index contributed by atoms with van der Waals surface area (Å²) in [5.41, 5.74) is 3.66. The van der Waals surface area contributed by atoms with Crippen molar-refractivity contribution in [2.75, 3.05) is 6.79 Å². The number of carbonyl (C=O) groups is 1. The van der Waals surface area contributed by atoms with Crippen LogP contribution in [-0.2, 0) is 0 Å². The summed E-state index contributed by atoms with van der Waals surface area (Å²) in [4.78, 5) is 15.6. The van der Waals surface area contributed by atoms with Crippen molar-refractivity contribution in [3.63, 3.8) is 0 Å². The lowest BCUT2D eigenvalue weighted by Crippen LogP contribution is -2.17. The number of fused-ring (bicyclic) bond motifs is 1. The van der Waals surface area contributed by atoms with Gasteiger partial charge in [-0.25, -0.2) is 5.43 Å². The van der Waals surface area contributed by atoms with Crippen LogP contribution in [0.4, 0.5) is 0 Å². The SMILES string of the molecule is O=C(N/N=C\c1cc(Br)c2c(c1)OCO2)c1cccnc1. The van der Waals surface area contributed by atoms with Crippen LogP contribution in [0, 0.1) is 0 Å². The molecule has 0 unspecified atom stereocenters. The lowest BCUT2D eigenvalue weighted by molar-refractivity contribution is 0.0955. The first-order valence-electron chi connectivity index (χ1n) is 6.06. The minimum absolute atomic E-state index is 0.201. The molecule has 0 radical (unpaired) electrons. The fraction of sp³-hybridized carbons (Fsp3) is 0.0714. The van der Waals surface area contributed by atoms with E-state index < -0.39 is 0 Å².